The molecule has 0 aliphatic carbocycles. The van der Waals surface area contributed by atoms with Gasteiger partial charge in [-0.15, -0.1) is 5.54 Å². The van der Waals surface area contributed by atoms with Crippen molar-refractivity contribution in [1.82, 2.24) is 10.2 Å². The third-order valence-electron chi connectivity index (χ3n) is 6.20. The minimum absolute atomic E-state index is 0.344. The number of benzene rings is 1. The number of hydrogen-bond donors (Lipinski definition) is 1. The standard InChI is InChI=1S/C23H37BN2O2Si/c1-18-20(9-14-29(6,7)8)15-19(17-26-12-10-25-11-13-26)16-21(18)24-27-22(2,3)23(4,5)28-24/h15-16,25H,10-13,17H2,1-8H3. The summed E-state index contributed by atoms with van der Waals surface area (Å²) in [5.41, 5.74) is 7.56. The maximum absolute atomic E-state index is 6.39. The lowest BCUT2D eigenvalue weighted by Gasteiger charge is -2.32. The number of hydrogen-bond acceptors (Lipinski definition) is 4. The lowest BCUT2D eigenvalue weighted by Crippen LogP contribution is -2.43. The molecule has 0 spiro atoms. The zero-order valence-corrected chi connectivity index (χ0v) is 20.5. The fraction of sp³-hybridized carbons (Fsp3) is 0.652. The summed E-state index contributed by atoms with van der Waals surface area (Å²) in [7, 11) is -1.81. The van der Waals surface area contributed by atoms with E-state index in [1.165, 1.54) is 11.1 Å². The van der Waals surface area contributed by atoms with Crippen LogP contribution in [0.15, 0.2) is 12.1 Å². The zero-order chi connectivity index (χ0) is 21.4. The van der Waals surface area contributed by atoms with Gasteiger partial charge in [-0.3, -0.25) is 4.90 Å². The Labute approximate surface area is 178 Å². The van der Waals surface area contributed by atoms with Crippen LogP contribution in [0.3, 0.4) is 0 Å². The molecule has 4 nitrogen and oxygen atoms in total. The van der Waals surface area contributed by atoms with Gasteiger partial charge in [0.15, 0.2) is 0 Å². The summed E-state index contributed by atoms with van der Waals surface area (Å²) >= 11 is 0. The van der Waals surface area contributed by atoms with Crippen LogP contribution in [-0.2, 0) is 15.9 Å². The molecule has 1 N–H and O–H groups in total. The van der Waals surface area contributed by atoms with E-state index in [0.717, 1.165) is 43.8 Å². The fourth-order valence-electron chi connectivity index (χ4n) is 3.62. The van der Waals surface area contributed by atoms with E-state index in [2.05, 4.69) is 88.1 Å². The van der Waals surface area contributed by atoms with Crippen LogP contribution >= 0.6 is 0 Å². The van der Waals surface area contributed by atoms with Crippen molar-refractivity contribution in [2.45, 2.75) is 72.0 Å². The van der Waals surface area contributed by atoms with E-state index in [-0.39, 0.29) is 18.3 Å². The molecule has 2 saturated heterocycles. The van der Waals surface area contributed by atoms with Gasteiger partial charge < -0.3 is 14.6 Å². The molecule has 6 heteroatoms. The van der Waals surface area contributed by atoms with Gasteiger partial charge in [0, 0.05) is 38.3 Å². The predicted octanol–water partition coefficient (Wildman–Crippen LogP) is 2.93. The average Bonchev–Trinajstić information content (AvgIpc) is 2.82. The number of rotatable bonds is 3. The Bertz CT molecular complexity index is 799. The van der Waals surface area contributed by atoms with Crippen molar-refractivity contribution in [1.29, 1.82) is 0 Å². The van der Waals surface area contributed by atoms with E-state index in [1.54, 1.807) is 0 Å². The molecule has 0 bridgehead atoms. The minimum Gasteiger partial charge on any atom is -0.399 e. The Kier molecular flexibility index (Phi) is 6.39. The van der Waals surface area contributed by atoms with E-state index in [1.807, 2.05) is 0 Å². The molecule has 1 aromatic carbocycles. The predicted molar refractivity (Wildman–Crippen MR) is 125 cm³/mol. The Hall–Kier alpha value is -1.10. The third-order valence-corrected chi connectivity index (χ3v) is 7.08. The quantitative estimate of drug-likeness (QED) is 0.612. The van der Waals surface area contributed by atoms with Crippen LogP contribution in [0.5, 0.6) is 0 Å². The normalized spacial score (nSPS) is 21.7. The van der Waals surface area contributed by atoms with Crippen LogP contribution in [-0.4, -0.2) is 57.5 Å². The monoisotopic (exact) mass is 412 g/mol. The Morgan fingerprint density at radius 2 is 1.66 bits per heavy atom. The summed E-state index contributed by atoms with van der Waals surface area (Å²) in [5.74, 6) is 3.51. The van der Waals surface area contributed by atoms with Crippen molar-refractivity contribution >= 4 is 20.7 Å². The molecule has 2 aliphatic heterocycles. The number of piperazine rings is 1. The van der Waals surface area contributed by atoms with Crippen molar-refractivity contribution in [3.8, 4) is 11.5 Å². The van der Waals surface area contributed by atoms with Crippen LogP contribution < -0.4 is 10.8 Å². The van der Waals surface area contributed by atoms with Crippen molar-refractivity contribution in [3.63, 3.8) is 0 Å². The second-order valence-electron chi connectivity index (χ2n) is 10.5. The molecule has 2 aliphatic rings. The van der Waals surface area contributed by atoms with Crippen molar-refractivity contribution in [3.05, 3.63) is 28.8 Å². The number of nitrogens with zero attached hydrogens (tertiary/aromatic N) is 1. The molecule has 0 atom stereocenters. The highest BCUT2D eigenvalue weighted by Crippen LogP contribution is 2.37. The Balaban J connectivity index is 1.99. The second-order valence-corrected chi connectivity index (χ2v) is 15.2. The first kappa shape index (κ1) is 22.6. The highest BCUT2D eigenvalue weighted by Gasteiger charge is 2.52. The molecule has 2 fully saturated rings. The zero-order valence-electron chi connectivity index (χ0n) is 19.5. The van der Waals surface area contributed by atoms with Gasteiger partial charge in [-0.25, -0.2) is 0 Å². The van der Waals surface area contributed by atoms with Crippen molar-refractivity contribution in [2.75, 3.05) is 26.2 Å². The summed E-state index contributed by atoms with van der Waals surface area (Å²) in [6.07, 6.45) is 0. The van der Waals surface area contributed by atoms with E-state index in [4.69, 9.17) is 9.31 Å². The maximum atomic E-state index is 6.39. The molecule has 1 aromatic rings. The summed E-state index contributed by atoms with van der Waals surface area (Å²) in [6.45, 7) is 22.7. The van der Waals surface area contributed by atoms with Crippen LogP contribution in [0.25, 0.3) is 0 Å². The van der Waals surface area contributed by atoms with Gasteiger partial charge >= 0.3 is 7.12 Å². The van der Waals surface area contributed by atoms with Gasteiger partial charge in [0.05, 0.1) is 11.2 Å². The molecule has 158 valence electrons. The first-order valence-electron chi connectivity index (χ1n) is 10.8. The van der Waals surface area contributed by atoms with Crippen molar-refractivity contribution in [2.24, 2.45) is 0 Å². The summed E-state index contributed by atoms with van der Waals surface area (Å²) in [4.78, 5) is 2.50. The summed E-state index contributed by atoms with van der Waals surface area (Å²) in [5, 5.41) is 3.43. The molecule has 0 radical (unpaired) electrons. The topological polar surface area (TPSA) is 33.7 Å². The van der Waals surface area contributed by atoms with Crippen LogP contribution in [0.4, 0.5) is 0 Å². The van der Waals surface area contributed by atoms with Gasteiger partial charge in [0.1, 0.15) is 8.07 Å². The van der Waals surface area contributed by atoms with E-state index in [9.17, 15) is 0 Å². The number of nitrogens with one attached hydrogen (secondary N) is 1. The molecule has 2 heterocycles. The van der Waals surface area contributed by atoms with Gasteiger partial charge in [-0.1, -0.05) is 31.6 Å². The first-order valence-corrected chi connectivity index (χ1v) is 14.3. The highest BCUT2D eigenvalue weighted by atomic mass is 28.3. The minimum atomic E-state index is -1.46. The second kappa shape index (κ2) is 8.20. The first-order chi connectivity index (χ1) is 13.4. The summed E-state index contributed by atoms with van der Waals surface area (Å²) < 4.78 is 12.8. The SMILES string of the molecule is Cc1c(C#C[Si](C)(C)C)cc(CN2CCNCC2)cc1B1OC(C)(C)C(C)(C)O1. The van der Waals surface area contributed by atoms with Gasteiger partial charge in [-0.05, 0) is 57.3 Å². The van der Waals surface area contributed by atoms with E-state index in [0.29, 0.717) is 0 Å². The molecule has 0 aromatic heterocycles. The van der Waals surface area contributed by atoms with Crippen LogP contribution in [0.2, 0.25) is 19.6 Å². The third kappa shape index (κ3) is 5.34. The Morgan fingerprint density at radius 1 is 1.07 bits per heavy atom. The van der Waals surface area contributed by atoms with Crippen LogP contribution in [0, 0.1) is 18.4 Å². The maximum Gasteiger partial charge on any atom is 0.495 e. The van der Waals surface area contributed by atoms with Gasteiger partial charge in [-0.2, -0.15) is 0 Å². The van der Waals surface area contributed by atoms with Gasteiger partial charge in [0.25, 0.3) is 0 Å². The molecular formula is C23H37BN2O2Si. The van der Waals surface area contributed by atoms with E-state index < -0.39 is 8.07 Å². The molecule has 0 unspecified atom stereocenters. The smallest absolute Gasteiger partial charge is 0.399 e. The lowest BCUT2D eigenvalue weighted by atomic mass is 9.74. The molecule has 0 saturated carbocycles. The summed E-state index contributed by atoms with van der Waals surface area (Å²) in [6, 6.07) is 4.55. The van der Waals surface area contributed by atoms with Gasteiger partial charge in [0.2, 0.25) is 0 Å². The van der Waals surface area contributed by atoms with E-state index >= 15 is 0 Å². The Morgan fingerprint density at radius 3 is 2.21 bits per heavy atom. The fourth-order valence-corrected chi connectivity index (χ4v) is 4.13. The molecule has 3 rings (SSSR count). The highest BCUT2D eigenvalue weighted by molar-refractivity contribution is 6.83. The van der Waals surface area contributed by atoms with Crippen molar-refractivity contribution < 1.29 is 9.31 Å². The largest absolute Gasteiger partial charge is 0.495 e. The average molecular weight is 412 g/mol. The van der Waals surface area contributed by atoms with Crippen LogP contribution in [0.1, 0.15) is 44.4 Å². The molecular weight excluding hydrogens is 375 g/mol. The lowest BCUT2D eigenvalue weighted by molar-refractivity contribution is 0.00578. The molecule has 0 amide bonds. The molecule has 29 heavy (non-hydrogen) atoms.